The zero-order valence-corrected chi connectivity index (χ0v) is 36.0. The second-order valence-corrected chi connectivity index (χ2v) is 17.5. The van der Waals surface area contributed by atoms with Gasteiger partial charge in [0.25, 0.3) is 12.3 Å². The lowest BCUT2D eigenvalue weighted by molar-refractivity contribution is -0.137. The number of nitrogens with one attached hydrogen (secondary N) is 1. The van der Waals surface area contributed by atoms with E-state index in [9.17, 15) is 19.2 Å². The van der Waals surface area contributed by atoms with Crippen LogP contribution >= 0.6 is 0 Å². The van der Waals surface area contributed by atoms with Gasteiger partial charge in [-0.2, -0.15) is 5.10 Å². The Kier molecular flexibility index (Phi) is 11.1. The number of imidazole rings is 1. The normalized spacial score (nSPS) is 20.0. The van der Waals surface area contributed by atoms with Crippen LogP contribution in [-0.4, -0.2) is 110 Å². The maximum Gasteiger partial charge on any atom is 0.264 e. The van der Waals surface area contributed by atoms with Gasteiger partial charge in [-0.3, -0.25) is 34.1 Å². The fourth-order valence-electron chi connectivity index (χ4n) is 10.2. The molecule has 17 heteroatoms. The Bertz CT molecular complexity index is 2650. The average Bonchev–Trinajstić information content (AvgIpc) is 4.02. The van der Waals surface area contributed by atoms with Gasteiger partial charge in [0.1, 0.15) is 23.5 Å². The van der Waals surface area contributed by atoms with E-state index in [4.69, 9.17) is 14.6 Å². The van der Waals surface area contributed by atoms with E-state index in [0.29, 0.717) is 118 Å². The molecule has 5 aliphatic heterocycles. The lowest BCUT2D eigenvalue weighted by Gasteiger charge is -2.33. The van der Waals surface area contributed by atoms with Gasteiger partial charge >= 0.3 is 0 Å². The van der Waals surface area contributed by atoms with Gasteiger partial charge in [0.2, 0.25) is 17.7 Å². The third-order valence-corrected chi connectivity index (χ3v) is 13.7. The highest BCUT2D eigenvalue weighted by atomic mass is 19.3. The Labute approximate surface area is 368 Å². The molecule has 10 rings (SSSR count). The third kappa shape index (κ3) is 7.78. The SMILES string of the molecule is CC(=O)N1CCc2c(c(N(C)c3ccc(-c4cc5nccn5cc4OC4CCN(Cc5cccc6c5CN(C5CCC(=O)NC5=O)C6=O)CC4)c(C(F)F)c3)nn2C2CCOCC2)C1. The molecule has 0 radical (unpaired) electrons. The Balaban J connectivity index is 0.878. The number of anilines is 2. The molecule has 2 aromatic carbocycles. The van der Waals surface area contributed by atoms with E-state index in [1.807, 2.05) is 40.7 Å². The van der Waals surface area contributed by atoms with E-state index in [1.165, 1.54) is 6.07 Å². The molecule has 3 saturated heterocycles. The molecule has 1 atom stereocenters. The molecule has 64 heavy (non-hydrogen) atoms. The van der Waals surface area contributed by atoms with Crippen LogP contribution in [0.3, 0.4) is 0 Å². The first-order chi connectivity index (χ1) is 31.0. The van der Waals surface area contributed by atoms with Crippen LogP contribution in [0.4, 0.5) is 20.3 Å². The lowest BCUT2D eigenvalue weighted by Crippen LogP contribution is -2.52. The largest absolute Gasteiger partial charge is 0.488 e. The molecule has 4 amide bonds. The van der Waals surface area contributed by atoms with E-state index < -0.39 is 18.4 Å². The van der Waals surface area contributed by atoms with Gasteiger partial charge in [-0.25, -0.2) is 13.8 Å². The number of benzene rings is 2. The number of ether oxygens (including phenoxy) is 2. The number of imide groups is 1. The molecule has 3 aromatic heterocycles. The Morgan fingerprint density at radius 2 is 1.77 bits per heavy atom. The first kappa shape index (κ1) is 41.8. The Morgan fingerprint density at radius 3 is 2.53 bits per heavy atom. The van der Waals surface area contributed by atoms with Crippen LogP contribution in [0.2, 0.25) is 0 Å². The number of hydrogen-bond donors (Lipinski definition) is 1. The summed E-state index contributed by atoms with van der Waals surface area (Å²) >= 11 is 0. The van der Waals surface area contributed by atoms with Crippen molar-refractivity contribution < 1.29 is 37.4 Å². The molecule has 1 N–H and O–H groups in total. The number of fused-ring (bicyclic) bond motifs is 3. The number of carbonyl (C=O) groups is 4. The summed E-state index contributed by atoms with van der Waals surface area (Å²) in [7, 11) is 1.84. The Morgan fingerprint density at radius 1 is 0.953 bits per heavy atom. The minimum Gasteiger partial charge on any atom is -0.488 e. The zero-order valence-electron chi connectivity index (χ0n) is 36.0. The molecule has 334 valence electrons. The van der Waals surface area contributed by atoms with Gasteiger partial charge in [-0.15, -0.1) is 0 Å². The molecule has 0 saturated carbocycles. The molecule has 5 aromatic rings. The van der Waals surface area contributed by atoms with Crippen molar-refractivity contribution in [2.24, 2.45) is 0 Å². The van der Waals surface area contributed by atoms with Crippen molar-refractivity contribution in [1.29, 1.82) is 0 Å². The van der Waals surface area contributed by atoms with Crippen molar-refractivity contribution in [3.05, 3.63) is 94.6 Å². The first-order valence-corrected chi connectivity index (χ1v) is 22.2. The van der Waals surface area contributed by atoms with Gasteiger partial charge in [0.05, 0.1) is 18.8 Å². The molecule has 0 spiro atoms. The summed E-state index contributed by atoms with van der Waals surface area (Å²) in [6.07, 6.45) is 6.50. The fraction of sp³-hybridized carbons (Fsp3) is 0.447. The first-order valence-electron chi connectivity index (χ1n) is 22.2. The zero-order chi connectivity index (χ0) is 44.2. The van der Waals surface area contributed by atoms with Crippen LogP contribution in [0.25, 0.3) is 16.8 Å². The second-order valence-electron chi connectivity index (χ2n) is 17.5. The number of pyridine rings is 1. The highest BCUT2D eigenvalue weighted by Crippen LogP contribution is 2.42. The summed E-state index contributed by atoms with van der Waals surface area (Å²) in [5, 5.41) is 7.48. The summed E-state index contributed by atoms with van der Waals surface area (Å²) in [5.41, 5.74) is 6.41. The average molecular weight is 876 g/mol. The maximum absolute atomic E-state index is 15.3. The number of halogens is 2. The highest BCUT2D eigenvalue weighted by Gasteiger charge is 2.40. The van der Waals surface area contributed by atoms with E-state index >= 15 is 8.78 Å². The smallest absolute Gasteiger partial charge is 0.264 e. The van der Waals surface area contributed by atoms with Crippen molar-refractivity contribution in [1.82, 2.24) is 39.2 Å². The summed E-state index contributed by atoms with van der Waals surface area (Å²) in [6.45, 7) is 6.22. The summed E-state index contributed by atoms with van der Waals surface area (Å²) in [6, 6.07) is 12.1. The second kappa shape index (κ2) is 17.1. The van der Waals surface area contributed by atoms with Gasteiger partial charge in [0.15, 0.2) is 5.82 Å². The molecule has 0 aliphatic carbocycles. The summed E-state index contributed by atoms with van der Waals surface area (Å²) in [4.78, 5) is 62.4. The van der Waals surface area contributed by atoms with E-state index in [1.54, 1.807) is 47.3 Å². The van der Waals surface area contributed by atoms with Gasteiger partial charge in [0, 0.05) is 119 Å². The van der Waals surface area contributed by atoms with Gasteiger partial charge in [-0.05, 0) is 73.1 Å². The molecule has 15 nitrogen and oxygen atoms in total. The minimum absolute atomic E-state index is 0.0178. The number of nitrogens with zero attached hydrogens (tertiary/aromatic N) is 8. The van der Waals surface area contributed by atoms with Crippen molar-refractivity contribution >= 4 is 40.8 Å². The van der Waals surface area contributed by atoms with Crippen LogP contribution < -0.4 is 15.0 Å². The summed E-state index contributed by atoms with van der Waals surface area (Å²) < 4.78 is 46.9. The van der Waals surface area contributed by atoms with Crippen LogP contribution in [0.15, 0.2) is 61.1 Å². The van der Waals surface area contributed by atoms with E-state index in [2.05, 4.69) is 19.9 Å². The van der Waals surface area contributed by atoms with Crippen LogP contribution in [0.5, 0.6) is 5.75 Å². The summed E-state index contributed by atoms with van der Waals surface area (Å²) in [5.74, 6) is 0.165. The number of piperidine rings is 2. The third-order valence-electron chi connectivity index (χ3n) is 13.7. The number of rotatable bonds is 10. The predicted molar refractivity (Wildman–Crippen MR) is 231 cm³/mol. The quantitative estimate of drug-likeness (QED) is 0.167. The van der Waals surface area contributed by atoms with Crippen molar-refractivity contribution in [3.8, 4) is 16.9 Å². The maximum atomic E-state index is 15.3. The number of hydrogen-bond acceptors (Lipinski definition) is 10. The predicted octanol–water partition coefficient (Wildman–Crippen LogP) is 5.96. The monoisotopic (exact) mass is 875 g/mol. The van der Waals surface area contributed by atoms with Crippen LogP contribution in [-0.2, 0) is 45.2 Å². The van der Waals surface area contributed by atoms with Gasteiger partial charge in [-0.1, -0.05) is 18.2 Å². The molecular formula is C47H51F2N9O6. The topological polar surface area (TPSA) is 147 Å². The lowest BCUT2D eigenvalue weighted by atomic mass is 9.98. The van der Waals surface area contributed by atoms with Crippen LogP contribution in [0.1, 0.15) is 96.2 Å². The van der Waals surface area contributed by atoms with Crippen molar-refractivity contribution in [3.63, 3.8) is 0 Å². The standard InChI is InChI=1S/C47H51F2N9O6/c1-28(59)55-18-12-39-38(25-55)45(52-58(39)30-13-20-63-21-14-30)53(2)31-6-7-33(36(22-31)44(48)49)35-23-42-50-15-19-56(42)27-41(35)64-32-10-16-54(17-11-32)24-29-4-3-5-34-37(29)26-57(47(34)62)40-8-9-43(60)51-46(40)61/h3-7,15,19,22-23,27,30,32,40,44H,8-14,16-18,20-21,24-26H2,1-2H3,(H,51,60,61). The number of amides is 4. The van der Waals surface area contributed by atoms with E-state index in [0.717, 1.165) is 35.2 Å². The van der Waals surface area contributed by atoms with Crippen molar-refractivity contribution in [2.75, 3.05) is 44.8 Å². The fourth-order valence-corrected chi connectivity index (χ4v) is 10.2. The van der Waals surface area contributed by atoms with Crippen molar-refractivity contribution in [2.45, 2.75) is 96.1 Å². The number of likely N-dealkylation sites (tertiary alicyclic amines) is 1. The molecule has 0 bridgehead atoms. The molecule has 1 unspecified atom stereocenters. The van der Waals surface area contributed by atoms with Gasteiger partial charge < -0.3 is 28.6 Å². The minimum atomic E-state index is -2.80. The molecule has 5 aliphatic rings. The Hall–Kier alpha value is -6.20. The number of alkyl halides is 2. The van der Waals surface area contributed by atoms with E-state index in [-0.39, 0.29) is 41.9 Å². The number of carbonyl (C=O) groups excluding carboxylic acids is 4. The molecular weight excluding hydrogens is 825 g/mol. The van der Waals surface area contributed by atoms with Crippen LogP contribution in [0, 0.1) is 0 Å². The molecule has 3 fully saturated rings. The number of aromatic nitrogens is 4. The highest BCUT2D eigenvalue weighted by molar-refractivity contribution is 6.05. The molecule has 8 heterocycles.